The Kier molecular flexibility index (Phi) is 2.89. The van der Waals surface area contributed by atoms with Crippen LogP contribution in [-0.2, 0) is 4.79 Å². The van der Waals surface area contributed by atoms with Gasteiger partial charge in [0.25, 0.3) is 0 Å². The normalized spacial score (nSPS) is 9.00. The smallest absolute Gasteiger partial charge is 0.190 e. The lowest BCUT2D eigenvalue weighted by atomic mass is 10.2. The minimum absolute atomic E-state index is 0.0553. The maximum absolute atomic E-state index is 10.7. The van der Waals surface area contributed by atoms with Gasteiger partial charge in [0, 0.05) is 11.8 Å². The van der Waals surface area contributed by atoms with Crippen molar-refractivity contribution in [2.24, 2.45) is 0 Å². The van der Waals surface area contributed by atoms with Gasteiger partial charge in [-0.2, -0.15) is 5.26 Å². The molecule has 3 heteroatoms. The van der Waals surface area contributed by atoms with Crippen molar-refractivity contribution in [2.75, 3.05) is 0 Å². The number of rotatable bonds is 1. The second-order valence-corrected chi connectivity index (χ2v) is 3.48. The van der Waals surface area contributed by atoms with Crippen LogP contribution in [0.1, 0.15) is 12.5 Å². The molecule has 0 aromatic heterocycles. The quantitative estimate of drug-likeness (QED) is 0.617. The van der Waals surface area contributed by atoms with E-state index in [2.05, 4.69) is 0 Å². The van der Waals surface area contributed by atoms with E-state index in [1.165, 1.54) is 18.7 Å². The summed E-state index contributed by atoms with van der Waals surface area (Å²) in [7, 11) is 0. The molecule has 0 amide bonds. The molecule has 0 atom stereocenters. The predicted molar refractivity (Wildman–Crippen MR) is 47.7 cm³/mol. The predicted octanol–water partition coefficient (Wildman–Crippen LogP) is 2.20. The first-order valence-electron chi connectivity index (χ1n) is 3.41. The first-order valence-corrected chi connectivity index (χ1v) is 4.22. The van der Waals surface area contributed by atoms with Crippen LogP contribution in [0.4, 0.5) is 0 Å². The molecule has 2 nitrogen and oxygen atoms in total. The fourth-order valence-corrected chi connectivity index (χ4v) is 1.37. The van der Waals surface area contributed by atoms with Crippen molar-refractivity contribution in [3.8, 4) is 6.07 Å². The molecular formula is C9H7NOS. The van der Waals surface area contributed by atoms with Crippen molar-refractivity contribution in [3.05, 3.63) is 29.8 Å². The molecule has 0 aliphatic rings. The summed E-state index contributed by atoms with van der Waals surface area (Å²) in [4.78, 5) is 11.5. The highest BCUT2D eigenvalue weighted by Gasteiger charge is 1.97. The second-order valence-electron chi connectivity index (χ2n) is 2.23. The van der Waals surface area contributed by atoms with Crippen LogP contribution in [0, 0.1) is 11.3 Å². The maximum atomic E-state index is 10.7. The highest BCUT2D eigenvalue weighted by molar-refractivity contribution is 8.13. The van der Waals surface area contributed by atoms with Gasteiger partial charge in [0.05, 0.1) is 11.6 Å². The number of nitriles is 1. The molecule has 0 spiro atoms. The topological polar surface area (TPSA) is 40.9 Å². The molecule has 0 saturated heterocycles. The zero-order chi connectivity index (χ0) is 8.97. The molecule has 12 heavy (non-hydrogen) atoms. The Labute approximate surface area is 75.2 Å². The summed E-state index contributed by atoms with van der Waals surface area (Å²) in [6, 6.07) is 8.95. The SMILES string of the molecule is CC(=O)Sc1ccc(C#N)cc1. The van der Waals surface area contributed by atoms with Gasteiger partial charge >= 0.3 is 0 Å². The monoisotopic (exact) mass is 177 g/mol. The fraction of sp³-hybridized carbons (Fsp3) is 0.111. The van der Waals surface area contributed by atoms with Crippen LogP contribution in [-0.4, -0.2) is 5.12 Å². The molecule has 0 N–H and O–H groups in total. The van der Waals surface area contributed by atoms with Gasteiger partial charge in [-0.05, 0) is 24.3 Å². The summed E-state index contributed by atoms with van der Waals surface area (Å²) < 4.78 is 0. The summed E-state index contributed by atoms with van der Waals surface area (Å²) in [6.45, 7) is 1.52. The number of carbonyl (C=O) groups excluding carboxylic acids is 1. The molecular weight excluding hydrogens is 170 g/mol. The van der Waals surface area contributed by atoms with E-state index in [9.17, 15) is 4.79 Å². The third-order valence-electron chi connectivity index (χ3n) is 1.24. The lowest BCUT2D eigenvalue weighted by Gasteiger charge is -1.95. The molecule has 0 aliphatic carbocycles. The van der Waals surface area contributed by atoms with Crippen molar-refractivity contribution in [2.45, 2.75) is 11.8 Å². The standard InChI is InChI=1S/C9H7NOS/c1-7(11)12-9-4-2-8(6-10)3-5-9/h2-5H,1H3. The minimum atomic E-state index is 0.0553. The van der Waals surface area contributed by atoms with Crippen LogP contribution in [0.5, 0.6) is 0 Å². The van der Waals surface area contributed by atoms with Gasteiger partial charge in [0.1, 0.15) is 0 Å². The maximum Gasteiger partial charge on any atom is 0.190 e. The van der Waals surface area contributed by atoms with E-state index in [1.54, 1.807) is 24.3 Å². The van der Waals surface area contributed by atoms with E-state index in [-0.39, 0.29) is 5.12 Å². The van der Waals surface area contributed by atoms with Crippen molar-refractivity contribution in [1.29, 1.82) is 5.26 Å². The Morgan fingerprint density at radius 3 is 2.42 bits per heavy atom. The molecule has 0 saturated carbocycles. The van der Waals surface area contributed by atoms with E-state index >= 15 is 0 Å². The average Bonchev–Trinajstić information content (AvgIpc) is 2.05. The molecule has 0 fully saturated rings. The van der Waals surface area contributed by atoms with Crippen LogP contribution >= 0.6 is 11.8 Å². The molecule has 0 bridgehead atoms. The molecule has 1 aromatic carbocycles. The van der Waals surface area contributed by atoms with Crippen molar-refractivity contribution in [3.63, 3.8) is 0 Å². The zero-order valence-corrected chi connectivity index (χ0v) is 7.39. The molecule has 1 aromatic rings. The average molecular weight is 177 g/mol. The van der Waals surface area contributed by atoms with Crippen LogP contribution in [0.3, 0.4) is 0 Å². The van der Waals surface area contributed by atoms with Gasteiger partial charge in [-0.3, -0.25) is 4.79 Å². The van der Waals surface area contributed by atoms with E-state index in [0.717, 1.165) is 4.90 Å². The summed E-state index contributed by atoms with van der Waals surface area (Å²) >= 11 is 1.17. The lowest BCUT2D eigenvalue weighted by molar-refractivity contribution is -0.109. The number of thioether (sulfide) groups is 1. The minimum Gasteiger partial charge on any atom is -0.287 e. The molecule has 1 rings (SSSR count). The first-order chi connectivity index (χ1) is 5.72. The zero-order valence-electron chi connectivity index (χ0n) is 6.57. The Bertz CT molecular complexity index is 323. The van der Waals surface area contributed by atoms with Crippen molar-refractivity contribution in [1.82, 2.24) is 0 Å². The van der Waals surface area contributed by atoms with E-state index in [4.69, 9.17) is 5.26 Å². The number of hydrogen-bond donors (Lipinski definition) is 0. The number of benzene rings is 1. The van der Waals surface area contributed by atoms with E-state index in [0.29, 0.717) is 5.56 Å². The van der Waals surface area contributed by atoms with Gasteiger partial charge in [-0.15, -0.1) is 0 Å². The summed E-state index contributed by atoms with van der Waals surface area (Å²) in [5.41, 5.74) is 0.614. The van der Waals surface area contributed by atoms with Gasteiger partial charge in [0.2, 0.25) is 0 Å². The van der Waals surface area contributed by atoms with Crippen LogP contribution in [0.15, 0.2) is 29.2 Å². The number of carbonyl (C=O) groups is 1. The molecule has 0 unspecified atom stereocenters. The summed E-state index contributed by atoms with van der Waals surface area (Å²) in [5, 5.41) is 8.54. The van der Waals surface area contributed by atoms with E-state index in [1.807, 2.05) is 6.07 Å². The second kappa shape index (κ2) is 3.93. The van der Waals surface area contributed by atoms with Crippen LogP contribution < -0.4 is 0 Å². The Hall–Kier alpha value is -1.27. The third kappa shape index (κ3) is 2.40. The van der Waals surface area contributed by atoms with Gasteiger partial charge in [-0.25, -0.2) is 0 Å². The van der Waals surface area contributed by atoms with Gasteiger partial charge in [0.15, 0.2) is 5.12 Å². The Morgan fingerprint density at radius 1 is 1.42 bits per heavy atom. The fourth-order valence-electron chi connectivity index (χ4n) is 0.763. The summed E-state index contributed by atoms with van der Waals surface area (Å²) in [5.74, 6) is 0. The van der Waals surface area contributed by atoms with Gasteiger partial charge < -0.3 is 0 Å². The van der Waals surface area contributed by atoms with Crippen molar-refractivity contribution >= 4 is 16.9 Å². The van der Waals surface area contributed by atoms with E-state index < -0.39 is 0 Å². The molecule has 0 aliphatic heterocycles. The first kappa shape index (κ1) is 8.82. The lowest BCUT2D eigenvalue weighted by Crippen LogP contribution is -1.81. The number of hydrogen-bond acceptors (Lipinski definition) is 3. The highest BCUT2D eigenvalue weighted by Crippen LogP contribution is 2.18. The summed E-state index contributed by atoms with van der Waals surface area (Å²) in [6.07, 6.45) is 0. The van der Waals surface area contributed by atoms with Crippen molar-refractivity contribution < 1.29 is 4.79 Å². The number of nitrogens with zero attached hydrogens (tertiary/aromatic N) is 1. The Balaban J connectivity index is 2.80. The molecule has 0 heterocycles. The highest BCUT2D eigenvalue weighted by atomic mass is 32.2. The molecule has 0 radical (unpaired) electrons. The largest absolute Gasteiger partial charge is 0.287 e. The molecule has 60 valence electrons. The Morgan fingerprint density at radius 2 is 2.00 bits per heavy atom. The van der Waals surface area contributed by atoms with Crippen LogP contribution in [0.2, 0.25) is 0 Å². The van der Waals surface area contributed by atoms with Crippen LogP contribution in [0.25, 0.3) is 0 Å². The third-order valence-corrected chi connectivity index (χ3v) is 2.04. The van der Waals surface area contributed by atoms with Gasteiger partial charge in [-0.1, -0.05) is 11.8 Å².